The third kappa shape index (κ3) is 5.17. The third-order valence-electron chi connectivity index (χ3n) is 6.19. The fourth-order valence-corrected chi connectivity index (χ4v) is 4.48. The Morgan fingerprint density at radius 2 is 1.86 bits per heavy atom. The molecule has 0 bridgehead atoms. The highest BCUT2D eigenvalue weighted by atomic mass is 127. The van der Waals surface area contributed by atoms with Crippen molar-refractivity contribution >= 4 is 29.9 Å². The summed E-state index contributed by atoms with van der Waals surface area (Å²) in [5, 5.41) is 3.60. The second-order valence-corrected chi connectivity index (χ2v) is 8.03. The average Bonchev–Trinajstić information content (AvgIpc) is 3.34. The summed E-state index contributed by atoms with van der Waals surface area (Å²) < 4.78 is 11.1. The molecule has 0 aromatic heterocycles. The topological polar surface area (TPSA) is 49.3 Å². The number of hydrogen-bond donors (Lipinski definition) is 1. The Kier molecular flexibility index (Phi) is 7.96. The van der Waals surface area contributed by atoms with E-state index < -0.39 is 0 Å². The van der Waals surface area contributed by atoms with Crippen LogP contribution in [-0.4, -0.2) is 75.4 Å². The molecule has 4 rings (SSSR count). The zero-order chi connectivity index (χ0) is 18.5. The Hall–Kier alpha value is -0.900. The Labute approximate surface area is 185 Å². The van der Waals surface area contributed by atoms with E-state index in [0.29, 0.717) is 5.41 Å². The number of rotatable bonds is 4. The molecule has 0 amide bonds. The summed E-state index contributed by atoms with van der Waals surface area (Å²) in [6.07, 6.45) is 2.39. The van der Waals surface area contributed by atoms with Crippen molar-refractivity contribution in [2.45, 2.75) is 25.9 Å². The van der Waals surface area contributed by atoms with Crippen LogP contribution in [0, 0.1) is 5.41 Å². The minimum absolute atomic E-state index is 0. The van der Waals surface area contributed by atoms with Crippen LogP contribution in [0.25, 0.3) is 0 Å². The van der Waals surface area contributed by atoms with E-state index in [4.69, 9.17) is 9.47 Å². The van der Waals surface area contributed by atoms with Gasteiger partial charge in [0.2, 0.25) is 0 Å². The summed E-state index contributed by atoms with van der Waals surface area (Å²) in [5.74, 6) is 1.01. The number of hydrogen-bond acceptors (Lipinski definition) is 4. The van der Waals surface area contributed by atoms with Crippen molar-refractivity contribution in [1.29, 1.82) is 0 Å². The first-order valence-corrected chi connectivity index (χ1v) is 10.2. The number of guanidine groups is 1. The van der Waals surface area contributed by atoms with Gasteiger partial charge in [-0.25, -0.2) is 0 Å². The van der Waals surface area contributed by atoms with Crippen molar-refractivity contribution in [1.82, 2.24) is 15.1 Å². The normalized spacial score (nSPS) is 25.9. The highest BCUT2D eigenvalue weighted by Gasteiger charge is 2.42. The van der Waals surface area contributed by atoms with E-state index in [-0.39, 0.29) is 24.0 Å². The van der Waals surface area contributed by atoms with Gasteiger partial charge in [0.1, 0.15) is 0 Å². The van der Waals surface area contributed by atoms with E-state index >= 15 is 0 Å². The SMILES string of the molecule is CN=C(NCc1ccccc1CN1CCOCC1)N1CCC2(CCOC2)C1.I. The molecular weight excluding hydrogens is 467 g/mol. The number of nitrogens with zero attached hydrogens (tertiary/aromatic N) is 3. The largest absolute Gasteiger partial charge is 0.381 e. The van der Waals surface area contributed by atoms with Crippen molar-refractivity contribution < 1.29 is 9.47 Å². The van der Waals surface area contributed by atoms with Gasteiger partial charge in [0.15, 0.2) is 5.96 Å². The van der Waals surface area contributed by atoms with Crippen molar-refractivity contribution in [3.8, 4) is 0 Å². The number of morpholine rings is 1. The predicted octanol–water partition coefficient (Wildman–Crippen LogP) is 2.32. The van der Waals surface area contributed by atoms with Gasteiger partial charge in [0.25, 0.3) is 0 Å². The first kappa shape index (κ1) is 21.8. The number of ether oxygens (including phenoxy) is 2. The maximum atomic E-state index is 5.66. The number of nitrogens with one attached hydrogen (secondary N) is 1. The smallest absolute Gasteiger partial charge is 0.193 e. The fraction of sp³-hybridized carbons (Fsp3) is 0.667. The highest BCUT2D eigenvalue weighted by molar-refractivity contribution is 14.0. The lowest BCUT2D eigenvalue weighted by atomic mass is 9.87. The third-order valence-corrected chi connectivity index (χ3v) is 6.19. The standard InChI is InChI=1S/C21H32N4O2.HI/c1-22-20(25-8-6-21(16-25)7-11-27-17-21)23-14-18-4-2-3-5-19(18)15-24-9-12-26-13-10-24;/h2-5H,6-17H2,1H3,(H,22,23);1H. The van der Waals surface area contributed by atoms with Gasteiger partial charge in [-0.2, -0.15) is 0 Å². The molecule has 3 aliphatic rings. The minimum atomic E-state index is 0. The number of halogens is 1. The Balaban J connectivity index is 0.00000225. The molecule has 156 valence electrons. The van der Waals surface area contributed by atoms with Crippen LogP contribution in [0.4, 0.5) is 0 Å². The summed E-state index contributed by atoms with van der Waals surface area (Å²) in [5.41, 5.74) is 3.10. The van der Waals surface area contributed by atoms with Crippen LogP contribution in [0.1, 0.15) is 24.0 Å². The quantitative estimate of drug-likeness (QED) is 0.391. The molecule has 0 radical (unpaired) electrons. The maximum absolute atomic E-state index is 5.66. The van der Waals surface area contributed by atoms with Gasteiger partial charge in [0, 0.05) is 58.3 Å². The number of likely N-dealkylation sites (tertiary alicyclic amines) is 1. The molecule has 1 spiro atoms. The molecule has 3 fully saturated rings. The molecule has 3 heterocycles. The lowest BCUT2D eigenvalue weighted by Gasteiger charge is -2.28. The average molecular weight is 500 g/mol. The molecule has 28 heavy (non-hydrogen) atoms. The van der Waals surface area contributed by atoms with Gasteiger partial charge >= 0.3 is 0 Å². The summed E-state index contributed by atoms with van der Waals surface area (Å²) in [4.78, 5) is 9.42. The molecule has 1 aromatic rings. The van der Waals surface area contributed by atoms with Crippen LogP contribution in [0.3, 0.4) is 0 Å². The molecular formula is C21H33IN4O2. The van der Waals surface area contributed by atoms with Crippen molar-refractivity contribution in [3.63, 3.8) is 0 Å². The minimum Gasteiger partial charge on any atom is -0.381 e. The van der Waals surface area contributed by atoms with E-state index in [1.165, 1.54) is 24.0 Å². The second kappa shape index (κ2) is 10.2. The zero-order valence-electron chi connectivity index (χ0n) is 16.9. The first-order valence-electron chi connectivity index (χ1n) is 10.2. The summed E-state index contributed by atoms with van der Waals surface area (Å²) in [6, 6.07) is 8.74. The molecule has 6 nitrogen and oxygen atoms in total. The summed E-state index contributed by atoms with van der Waals surface area (Å²) in [6.45, 7) is 9.46. The van der Waals surface area contributed by atoms with Crippen molar-refractivity contribution in [3.05, 3.63) is 35.4 Å². The predicted molar refractivity (Wildman–Crippen MR) is 122 cm³/mol. The maximum Gasteiger partial charge on any atom is 0.193 e. The van der Waals surface area contributed by atoms with Gasteiger partial charge in [-0.05, 0) is 24.0 Å². The van der Waals surface area contributed by atoms with Crippen LogP contribution in [0.15, 0.2) is 29.3 Å². The van der Waals surface area contributed by atoms with Crippen molar-refractivity contribution in [2.24, 2.45) is 10.4 Å². The van der Waals surface area contributed by atoms with Crippen molar-refractivity contribution in [2.75, 3.05) is 59.7 Å². The van der Waals surface area contributed by atoms with Gasteiger partial charge in [0.05, 0.1) is 19.8 Å². The molecule has 1 N–H and O–H groups in total. The molecule has 1 atom stereocenters. The Morgan fingerprint density at radius 1 is 1.07 bits per heavy atom. The Morgan fingerprint density at radius 3 is 2.57 bits per heavy atom. The molecule has 0 saturated carbocycles. The van der Waals surface area contributed by atoms with E-state index in [9.17, 15) is 0 Å². The molecule has 3 aliphatic heterocycles. The summed E-state index contributed by atoms with van der Waals surface area (Å²) in [7, 11) is 1.89. The van der Waals surface area contributed by atoms with Crippen LogP contribution in [0.2, 0.25) is 0 Å². The van der Waals surface area contributed by atoms with Gasteiger partial charge < -0.3 is 19.7 Å². The van der Waals surface area contributed by atoms with E-state index in [0.717, 1.165) is 71.7 Å². The molecule has 1 unspecified atom stereocenters. The molecule has 0 aliphatic carbocycles. The van der Waals surface area contributed by atoms with Crippen LogP contribution in [0.5, 0.6) is 0 Å². The first-order chi connectivity index (χ1) is 13.3. The molecule has 3 saturated heterocycles. The van der Waals surface area contributed by atoms with Gasteiger partial charge in [-0.1, -0.05) is 24.3 Å². The highest BCUT2D eigenvalue weighted by Crippen LogP contribution is 2.38. The second-order valence-electron chi connectivity index (χ2n) is 8.03. The fourth-order valence-electron chi connectivity index (χ4n) is 4.48. The molecule has 1 aromatic carbocycles. The molecule has 7 heteroatoms. The lowest BCUT2D eigenvalue weighted by molar-refractivity contribution is 0.0341. The van der Waals surface area contributed by atoms with E-state index in [2.05, 4.69) is 44.4 Å². The lowest BCUT2D eigenvalue weighted by Crippen LogP contribution is -2.41. The van der Waals surface area contributed by atoms with E-state index in [1.54, 1.807) is 0 Å². The number of benzene rings is 1. The van der Waals surface area contributed by atoms with Gasteiger partial charge in [-0.15, -0.1) is 24.0 Å². The monoisotopic (exact) mass is 500 g/mol. The van der Waals surface area contributed by atoms with Gasteiger partial charge in [-0.3, -0.25) is 9.89 Å². The zero-order valence-corrected chi connectivity index (χ0v) is 19.2. The van der Waals surface area contributed by atoms with E-state index in [1.807, 2.05) is 7.05 Å². The Bertz CT molecular complexity index is 658. The van der Waals surface area contributed by atoms with Crippen LogP contribution >= 0.6 is 24.0 Å². The summed E-state index contributed by atoms with van der Waals surface area (Å²) >= 11 is 0. The van der Waals surface area contributed by atoms with Crippen LogP contribution < -0.4 is 5.32 Å². The number of aliphatic imine (C=N–C) groups is 1. The van der Waals surface area contributed by atoms with Crippen LogP contribution in [-0.2, 0) is 22.6 Å².